The van der Waals surface area contributed by atoms with Gasteiger partial charge in [-0.1, -0.05) is 11.8 Å². The average Bonchev–Trinajstić information content (AvgIpc) is 2.78. The summed E-state index contributed by atoms with van der Waals surface area (Å²) in [6.07, 6.45) is -1.03. The molecule has 1 aliphatic rings. The predicted octanol–water partition coefficient (Wildman–Crippen LogP) is 3.60. The molecule has 0 unspecified atom stereocenters. The molecule has 5 nitrogen and oxygen atoms in total. The second kappa shape index (κ2) is 6.82. The lowest BCUT2D eigenvalue weighted by Gasteiger charge is -2.37. The molecule has 0 aromatic carbocycles. The zero-order chi connectivity index (χ0) is 15.5. The van der Waals surface area contributed by atoms with Crippen molar-refractivity contribution in [2.24, 2.45) is 0 Å². The number of nitrogens with one attached hydrogen (secondary N) is 1. The number of rotatable bonds is 5. The maximum Gasteiger partial charge on any atom is 0.390 e. The molecule has 0 spiro atoms. The van der Waals surface area contributed by atoms with E-state index < -0.39 is 18.6 Å². The maximum atomic E-state index is 12.4. The van der Waals surface area contributed by atoms with Crippen LogP contribution < -0.4 is 5.32 Å². The molecule has 1 aromatic rings. The van der Waals surface area contributed by atoms with Gasteiger partial charge in [0.25, 0.3) is 0 Å². The molecule has 0 bridgehead atoms. The number of thioether (sulfide) groups is 1. The SMILES string of the molecule is CSc1nsc(NC(=O)N(CCC(F)(F)F)C2CCC2)n1. The van der Waals surface area contributed by atoms with Gasteiger partial charge in [-0.2, -0.15) is 22.5 Å². The molecule has 1 heterocycles. The van der Waals surface area contributed by atoms with Crippen LogP contribution in [-0.2, 0) is 0 Å². The Morgan fingerprint density at radius 1 is 1.52 bits per heavy atom. The Hall–Kier alpha value is -1.03. The zero-order valence-electron chi connectivity index (χ0n) is 11.3. The van der Waals surface area contributed by atoms with E-state index in [0.29, 0.717) is 10.3 Å². The lowest BCUT2D eigenvalue weighted by Crippen LogP contribution is -2.47. The molecule has 1 N–H and O–H groups in total. The number of alkyl halides is 3. The Labute approximate surface area is 128 Å². The van der Waals surface area contributed by atoms with Gasteiger partial charge in [0.15, 0.2) is 0 Å². The smallest absolute Gasteiger partial charge is 0.321 e. The van der Waals surface area contributed by atoms with Crippen molar-refractivity contribution in [3.05, 3.63) is 0 Å². The van der Waals surface area contributed by atoms with Gasteiger partial charge >= 0.3 is 12.2 Å². The van der Waals surface area contributed by atoms with E-state index in [2.05, 4.69) is 14.7 Å². The summed E-state index contributed by atoms with van der Waals surface area (Å²) in [4.78, 5) is 17.5. The minimum atomic E-state index is -4.27. The number of urea groups is 1. The molecule has 0 atom stereocenters. The highest BCUT2D eigenvalue weighted by molar-refractivity contribution is 7.98. The number of halogens is 3. The van der Waals surface area contributed by atoms with Gasteiger partial charge in [0.1, 0.15) is 0 Å². The fraction of sp³-hybridized carbons (Fsp3) is 0.727. The van der Waals surface area contributed by atoms with Crippen molar-refractivity contribution in [2.45, 2.75) is 43.1 Å². The second-order valence-corrected chi connectivity index (χ2v) is 6.18. The van der Waals surface area contributed by atoms with Crippen LogP contribution in [0.1, 0.15) is 25.7 Å². The Kier molecular flexibility index (Phi) is 5.31. The van der Waals surface area contributed by atoms with Gasteiger partial charge in [0.2, 0.25) is 10.3 Å². The topological polar surface area (TPSA) is 58.1 Å². The van der Waals surface area contributed by atoms with Crippen LogP contribution in [0.4, 0.5) is 23.1 Å². The minimum absolute atomic E-state index is 0.111. The van der Waals surface area contributed by atoms with Crippen LogP contribution in [0.2, 0.25) is 0 Å². The van der Waals surface area contributed by atoms with Crippen LogP contribution in [0.5, 0.6) is 0 Å². The number of carbonyl (C=O) groups is 1. The van der Waals surface area contributed by atoms with Gasteiger partial charge in [-0.15, -0.1) is 0 Å². The number of carbonyl (C=O) groups excluding carboxylic acids is 1. The minimum Gasteiger partial charge on any atom is -0.321 e. The molecule has 2 rings (SSSR count). The third-order valence-electron chi connectivity index (χ3n) is 3.22. The molecule has 1 fully saturated rings. The van der Waals surface area contributed by atoms with Crippen LogP contribution in [-0.4, -0.2) is 45.3 Å². The third kappa shape index (κ3) is 4.73. The molecule has 0 saturated heterocycles. The molecule has 1 saturated carbocycles. The van der Waals surface area contributed by atoms with E-state index in [-0.39, 0.29) is 12.6 Å². The number of aromatic nitrogens is 2. The van der Waals surface area contributed by atoms with Gasteiger partial charge in [0, 0.05) is 24.1 Å². The van der Waals surface area contributed by atoms with Crippen LogP contribution in [0, 0.1) is 0 Å². The molecular weight excluding hydrogens is 325 g/mol. The monoisotopic (exact) mass is 340 g/mol. The molecule has 0 radical (unpaired) electrons. The van der Waals surface area contributed by atoms with Gasteiger partial charge in [-0.25, -0.2) is 4.79 Å². The maximum absolute atomic E-state index is 12.4. The van der Waals surface area contributed by atoms with E-state index >= 15 is 0 Å². The van der Waals surface area contributed by atoms with Crippen LogP contribution in [0.15, 0.2) is 5.16 Å². The average molecular weight is 340 g/mol. The van der Waals surface area contributed by atoms with Crippen molar-refractivity contribution < 1.29 is 18.0 Å². The van der Waals surface area contributed by atoms with Gasteiger partial charge < -0.3 is 4.90 Å². The van der Waals surface area contributed by atoms with E-state index in [4.69, 9.17) is 0 Å². The van der Waals surface area contributed by atoms with Crippen molar-refractivity contribution in [3.63, 3.8) is 0 Å². The van der Waals surface area contributed by atoms with Crippen molar-refractivity contribution in [1.82, 2.24) is 14.3 Å². The molecule has 1 aromatic heterocycles. The van der Waals surface area contributed by atoms with Gasteiger partial charge in [-0.3, -0.25) is 5.32 Å². The summed E-state index contributed by atoms with van der Waals surface area (Å²) in [6.45, 7) is -0.325. The molecule has 2 amide bonds. The summed E-state index contributed by atoms with van der Waals surface area (Å²) >= 11 is 2.35. The van der Waals surface area contributed by atoms with E-state index in [0.717, 1.165) is 30.8 Å². The zero-order valence-corrected chi connectivity index (χ0v) is 12.9. The van der Waals surface area contributed by atoms with Crippen LogP contribution in [0.3, 0.4) is 0 Å². The van der Waals surface area contributed by atoms with E-state index in [1.165, 1.54) is 16.7 Å². The van der Waals surface area contributed by atoms with Crippen LogP contribution in [0.25, 0.3) is 0 Å². The number of hydrogen-bond donors (Lipinski definition) is 1. The number of nitrogens with zero attached hydrogens (tertiary/aromatic N) is 3. The standard InChI is InChI=1S/C11H15F3N4OS2/c1-20-9-15-8(21-17-9)16-10(19)18(7-3-2-4-7)6-5-11(12,13)14/h7H,2-6H2,1H3,(H,15,16,17,19). The Morgan fingerprint density at radius 2 is 2.24 bits per heavy atom. The predicted molar refractivity (Wildman–Crippen MR) is 75.7 cm³/mol. The number of hydrogen-bond acceptors (Lipinski definition) is 5. The molecule has 0 aliphatic heterocycles. The fourth-order valence-corrected chi connectivity index (χ4v) is 3.02. The molecule has 1 aliphatic carbocycles. The van der Waals surface area contributed by atoms with Gasteiger partial charge in [0.05, 0.1) is 6.42 Å². The summed E-state index contributed by atoms with van der Waals surface area (Å²) in [7, 11) is 0. The van der Waals surface area contributed by atoms with Crippen molar-refractivity contribution in [2.75, 3.05) is 18.1 Å². The first kappa shape index (κ1) is 16.3. The Balaban J connectivity index is 1.96. The quantitative estimate of drug-likeness (QED) is 0.832. The normalized spacial score (nSPS) is 15.6. The molecule has 118 valence electrons. The summed E-state index contributed by atoms with van der Waals surface area (Å²) in [6, 6.07) is -0.645. The van der Waals surface area contributed by atoms with Crippen molar-refractivity contribution in [1.29, 1.82) is 0 Å². The summed E-state index contributed by atoms with van der Waals surface area (Å²) < 4.78 is 41.1. The van der Waals surface area contributed by atoms with E-state index in [1.54, 1.807) is 6.26 Å². The van der Waals surface area contributed by atoms with Crippen LogP contribution >= 0.6 is 23.3 Å². The lowest BCUT2D eigenvalue weighted by molar-refractivity contribution is -0.137. The second-order valence-electron chi connectivity index (χ2n) is 4.66. The number of anilines is 1. The first-order chi connectivity index (χ1) is 9.89. The number of amides is 2. The first-order valence-corrected chi connectivity index (χ1v) is 8.41. The molecule has 21 heavy (non-hydrogen) atoms. The molecular formula is C11H15F3N4OS2. The largest absolute Gasteiger partial charge is 0.390 e. The summed E-state index contributed by atoms with van der Waals surface area (Å²) in [5.41, 5.74) is 0. The summed E-state index contributed by atoms with van der Waals surface area (Å²) in [5, 5.41) is 3.37. The Morgan fingerprint density at radius 3 is 2.71 bits per heavy atom. The fourth-order valence-electron chi connectivity index (χ4n) is 1.90. The first-order valence-electron chi connectivity index (χ1n) is 6.41. The van der Waals surface area contributed by atoms with Gasteiger partial charge in [-0.05, 0) is 25.5 Å². The highest BCUT2D eigenvalue weighted by atomic mass is 32.2. The molecule has 10 heteroatoms. The highest BCUT2D eigenvalue weighted by Gasteiger charge is 2.34. The van der Waals surface area contributed by atoms with E-state index in [9.17, 15) is 18.0 Å². The third-order valence-corrected chi connectivity index (χ3v) is 4.51. The van der Waals surface area contributed by atoms with Crippen molar-refractivity contribution in [3.8, 4) is 0 Å². The highest BCUT2D eigenvalue weighted by Crippen LogP contribution is 2.28. The summed E-state index contributed by atoms with van der Waals surface area (Å²) in [5.74, 6) is 0. The Bertz CT molecular complexity index is 490. The van der Waals surface area contributed by atoms with E-state index in [1.807, 2.05) is 0 Å². The lowest BCUT2D eigenvalue weighted by atomic mass is 9.91. The van der Waals surface area contributed by atoms with Crippen molar-refractivity contribution >= 4 is 34.5 Å².